The number of nitrogens with one attached hydrogen (secondary N) is 1. The minimum Gasteiger partial charge on any atom is -0.497 e. The van der Waals surface area contributed by atoms with Crippen LogP contribution >= 0.6 is 35.4 Å². The van der Waals surface area contributed by atoms with Gasteiger partial charge in [0.25, 0.3) is 0 Å². The molecule has 37 heavy (non-hydrogen) atoms. The van der Waals surface area contributed by atoms with E-state index < -0.39 is 0 Å². The molecule has 0 aliphatic carbocycles. The molecule has 5 rings (SSSR count). The topological polar surface area (TPSA) is 51.5 Å². The van der Waals surface area contributed by atoms with Gasteiger partial charge >= 0.3 is 0 Å². The number of rotatable bonds is 6. The first kappa shape index (κ1) is 25.4. The number of aromatic nitrogens is 2. The Balaban J connectivity index is 1.72. The number of methoxy groups -OCH3 is 2. The zero-order chi connectivity index (χ0) is 26.3. The van der Waals surface area contributed by atoms with E-state index in [0.717, 1.165) is 34.0 Å². The van der Waals surface area contributed by atoms with E-state index in [4.69, 9.17) is 44.9 Å². The molecule has 9 heteroatoms. The van der Waals surface area contributed by atoms with Crippen molar-refractivity contribution in [3.05, 3.63) is 99.6 Å². The maximum absolute atomic E-state index is 6.65. The molecule has 0 bridgehead atoms. The summed E-state index contributed by atoms with van der Waals surface area (Å²) >= 11 is 18.9. The molecule has 1 aliphatic heterocycles. The van der Waals surface area contributed by atoms with Crippen LogP contribution in [0.15, 0.2) is 66.9 Å². The summed E-state index contributed by atoms with van der Waals surface area (Å²) in [6.45, 7) is 4.14. The molecule has 1 fully saturated rings. The Labute approximate surface area is 231 Å². The van der Waals surface area contributed by atoms with Gasteiger partial charge in [-0.1, -0.05) is 35.3 Å². The van der Waals surface area contributed by atoms with Crippen LogP contribution in [0.2, 0.25) is 10.0 Å². The van der Waals surface area contributed by atoms with Gasteiger partial charge in [0.2, 0.25) is 0 Å². The lowest BCUT2D eigenvalue weighted by Gasteiger charge is -2.29. The smallest absolute Gasteiger partial charge is 0.174 e. The summed E-state index contributed by atoms with van der Waals surface area (Å²) in [6, 6.07) is 19.0. The molecule has 0 amide bonds. The van der Waals surface area contributed by atoms with Crippen molar-refractivity contribution in [1.82, 2.24) is 14.9 Å². The van der Waals surface area contributed by atoms with Crippen LogP contribution in [-0.2, 0) is 0 Å². The summed E-state index contributed by atoms with van der Waals surface area (Å²) in [5.74, 6) is 1.35. The second-order valence-electron chi connectivity index (χ2n) is 8.77. The van der Waals surface area contributed by atoms with Crippen molar-refractivity contribution in [2.24, 2.45) is 0 Å². The monoisotopic (exact) mass is 552 g/mol. The second kappa shape index (κ2) is 10.2. The number of anilines is 1. The average molecular weight is 554 g/mol. The Morgan fingerprint density at radius 2 is 1.76 bits per heavy atom. The number of thiocarbonyl (C=S) groups is 1. The van der Waals surface area contributed by atoms with Gasteiger partial charge in [-0.05, 0) is 74.1 Å². The van der Waals surface area contributed by atoms with Gasteiger partial charge in [0.1, 0.15) is 11.5 Å². The highest BCUT2D eigenvalue weighted by Gasteiger charge is 2.43. The normalized spacial score (nSPS) is 17.1. The van der Waals surface area contributed by atoms with Crippen LogP contribution in [0, 0.1) is 13.8 Å². The third-order valence-corrected chi connectivity index (χ3v) is 7.83. The molecular formula is C28H26Cl2N4O2S. The molecule has 2 aromatic carbocycles. The Morgan fingerprint density at radius 3 is 2.46 bits per heavy atom. The number of ether oxygens (including phenoxy) is 2. The minimum absolute atomic E-state index is 0.204. The Kier molecular flexibility index (Phi) is 7.03. The molecule has 3 heterocycles. The number of halogens is 2. The number of hydrogen-bond acceptors (Lipinski definition) is 4. The number of nitrogens with zero attached hydrogens (tertiary/aromatic N) is 3. The summed E-state index contributed by atoms with van der Waals surface area (Å²) in [5.41, 5.74) is 5.67. The van der Waals surface area contributed by atoms with Crippen LogP contribution in [-0.4, -0.2) is 28.9 Å². The van der Waals surface area contributed by atoms with Crippen molar-refractivity contribution in [3.63, 3.8) is 0 Å². The van der Waals surface area contributed by atoms with Gasteiger partial charge in [0, 0.05) is 23.7 Å². The maximum Gasteiger partial charge on any atom is 0.174 e. The fourth-order valence-corrected chi connectivity index (χ4v) is 5.76. The van der Waals surface area contributed by atoms with E-state index in [9.17, 15) is 0 Å². The van der Waals surface area contributed by atoms with Crippen LogP contribution in [0.5, 0.6) is 11.5 Å². The van der Waals surface area contributed by atoms with E-state index in [2.05, 4.69) is 39.7 Å². The van der Waals surface area contributed by atoms with Crippen molar-refractivity contribution in [1.29, 1.82) is 0 Å². The lowest BCUT2D eigenvalue weighted by Crippen LogP contribution is -2.30. The summed E-state index contributed by atoms with van der Waals surface area (Å²) in [6.07, 6.45) is 1.79. The molecule has 1 N–H and O–H groups in total. The zero-order valence-electron chi connectivity index (χ0n) is 20.8. The van der Waals surface area contributed by atoms with Crippen molar-refractivity contribution in [2.45, 2.75) is 25.9 Å². The Bertz CT molecular complexity index is 1470. The molecule has 0 spiro atoms. The van der Waals surface area contributed by atoms with Gasteiger partial charge in [-0.25, -0.2) is 0 Å². The first-order valence-electron chi connectivity index (χ1n) is 11.7. The molecule has 0 saturated carbocycles. The molecule has 2 atom stereocenters. The van der Waals surface area contributed by atoms with Crippen LogP contribution in [0.4, 0.5) is 5.69 Å². The van der Waals surface area contributed by atoms with E-state index in [1.807, 2.05) is 48.5 Å². The first-order valence-corrected chi connectivity index (χ1v) is 12.9. The zero-order valence-corrected chi connectivity index (χ0v) is 23.2. The van der Waals surface area contributed by atoms with Gasteiger partial charge in [-0.15, -0.1) is 0 Å². The molecule has 190 valence electrons. The largest absolute Gasteiger partial charge is 0.497 e. The highest BCUT2D eigenvalue weighted by Crippen LogP contribution is 2.47. The van der Waals surface area contributed by atoms with Crippen LogP contribution in [0.1, 0.15) is 34.7 Å². The van der Waals surface area contributed by atoms with E-state index in [-0.39, 0.29) is 12.1 Å². The summed E-state index contributed by atoms with van der Waals surface area (Å²) in [5, 5.41) is 5.11. The molecule has 1 aliphatic rings. The number of benzene rings is 2. The quantitative estimate of drug-likeness (QED) is 0.260. The maximum atomic E-state index is 6.65. The molecule has 2 aromatic heterocycles. The number of pyridine rings is 1. The van der Waals surface area contributed by atoms with Crippen LogP contribution in [0.3, 0.4) is 0 Å². The Hall–Kier alpha value is -3.26. The minimum atomic E-state index is -0.220. The van der Waals surface area contributed by atoms with E-state index in [1.54, 1.807) is 26.5 Å². The molecular weight excluding hydrogens is 527 g/mol. The molecule has 0 unspecified atom stereocenters. The van der Waals surface area contributed by atoms with Crippen molar-refractivity contribution < 1.29 is 9.47 Å². The van der Waals surface area contributed by atoms with Gasteiger partial charge in [-0.2, -0.15) is 0 Å². The third-order valence-electron chi connectivity index (χ3n) is 6.71. The second-order valence-corrected chi connectivity index (χ2v) is 9.94. The molecule has 0 radical (unpaired) electrons. The predicted molar refractivity (Wildman–Crippen MR) is 153 cm³/mol. The van der Waals surface area contributed by atoms with Crippen molar-refractivity contribution >= 4 is 46.2 Å². The van der Waals surface area contributed by atoms with Crippen LogP contribution in [0.25, 0.3) is 5.69 Å². The number of aryl methyl sites for hydroxylation is 1. The predicted octanol–water partition coefficient (Wildman–Crippen LogP) is 6.99. The number of hydrogen-bond donors (Lipinski definition) is 1. The van der Waals surface area contributed by atoms with Crippen molar-refractivity contribution in [2.75, 3.05) is 19.1 Å². The lowest BCUT2D eigenvalue weighted by molar-refractivity contribution is 0.394. The fourth-order valence-electron chi connectivity index (χ4n) is 5.04. The van der Waals surface area contributed by atoms with Gasteiger partial charge in [0.05, 0.1) is 53.4 Å². The fraction of sp³-hybridized carbons (Fsp3) is 0.214. The highest BCUT2D eigenvalue weighted by atomic mass is 35.5. The Morgan fingerprint density at radius 1 is 0.946 bits per heavy atom. The van der Waals surface area contributed by atoms with Crippen LogP contribution < -0.4 is 19.7 Å². The van der Waals surface area contributed by atoms with E-state index >= 15 is 0 Å². The highest BCUT2D eigenvalue weighted by molar-refractivity contribution is 7.80. The standard InChI is InChI=1S/C28H26Cl2N4O2S/c1-16-14-19(17(2)33(16)23-10-7-8-20(29)25(23)30)27-26(21-9-5-6-13-31-21)32-28(37)34(27)22-12-11-18(35-3)15-24(22)36-4/h5-15,26-27H,1-4H3,(H,32,37)/t26-,27+/m1/s1. The van der Waals surface area contributed by atoms with Gasteiger partial charge in [-0.3, -0.25) is 4.98 Å². The van der Waals surface area contributed by atoms with E-state index in [0.29, 0.717) is 26.7 Å². The van der Waals surface area contributed by atoms with Crippen molar-refractivity contribution in [3.8, 4) is 17.2 Å². The van der Waals surface area contributed by atoms with E-state index in [1.165, 1.54) is 0 Å². The molecule has 1 saturated heterocycles. The third kappa shape index (κ3) is 4.41. The van der Waals surface area contributed by atoms with Gasteiger partial charge < -0.3 is 24.3 Å². The molecule has 6 nitrogen and oxygen atoms in total. The summed E-state index contributed by atoms with van der Waals surface area (Å²) < 4.78 is 13.3. The van der Waals surface area contributed by atoms with Gasteiger partial charge in [0.15, 0.2) is 5.11 Å². The lowest BCUT2D eigenvalue weighted by atomic mass is 9.96. The summed E-state index contributed by atoms with van der Waals surface area (Å²) in [7, 11) is 3.27. The summed E-state index contributed by atoms with van der Waals surface area (Å²) in [4.78, 5) is 6.76. The SMILES string of the molecule is COc1ccc(N2C(=S)N[C@H](c3ccccn3)[C@@H]2c2cc(C)n(-c3cccc(Cl)c3Cl)c2C)c(OC)c1. The average Bonchev–Trinajstić information content (AvgIpc) is 3.40. The first-order chi connectivity index (χ1) is 17.8. The molecule has 4 aromatic rings.